The van der Waals surface area contributed by atoms with Gasteiger partial charge in [-0.3, -0.25) is 47.7 Å². The van der Waals surface area contributed by atoms with E-state index < -0.39 is 45.7 Å². The fraction of sp³-hybridized carbons (Fsp3) is 0.564. The number of pyridine rings is 1. The highest BCUT2D eigenvalue weighted by atomic mass is 33.1. The van der Waals surface area contributed by atoms with Gasteiger partial charge in [-0.05, 0) is 164 Å². The van der Waals surface area contributed by atoms with Gasteiger partial charge in [0.15, 0.2) is 0 Å². The van der Waals surface area contributed by atoms with E-state index in [9.17, 15) is 60.9 Å². The molecule has 5 aromatic rings. The topological polar surface area (TPSA) is 370 Å². The summed E-state index contributed by atoms with van der Waals surface area (Å²) in [5.74, 6) is -2.76. The van der Waals surface area contributed by atoms with Crippen LogP contribution in [0.1, 0.15) is 160 Å². The SMILES string of the molecule is CCN(CC)c1ccc2c(-c3ccccc3C(=O)N3CCN(C(=O)CCCCC(=O)N[C@@H](CS(=O)(=O)O)C(=O)NCCCCC(=O)N[C@@H](CCCCNC(=O)CCC(=O)NCCSSc4ccccn4)C(=O)NCCCCCNC(=O)CCCC[C@@H]4SC[C@@H]5NC(=O)N[C@@H]54)CC3)c3ccc(N(CC)CC)cc3[o+]c2c1. The van der Waals surface area contributed by atoms with E-state index >= 15 is 0 Å². The van der Waals surface area contributed by atoms with E-state index in [0.29, 0.717) is 112 Å². The molecule has 600 valence electrons. The highest BCUT2D eigenvalue weighted by Gasteiger charge is 2.43. The number of hydrogen-bond donors (Lipinski definition) is 10. The molecule has 0 unspecified atom stereocenters. The lowest BCUT2D eigenvalue weighted by atomic mass is 9.92. The van der Waals surface area contributed by atoms with E-state index in [2.05, 4.69) is 127 Å². The summed E-state index contributed by atoms with van der Waals surface area (Å²) in [5, 5.41) is 28.2. The zero-order valence-corrected chi connectivity index (χ0v) is 67.1. The Morgan fingerprint density at radius 2 is 1.12 bits per heavy atom. The van der Waals surface area contributed by atoms with Gasteiger partial charge in [0.25, 0.3) is 16.0 Å². The molecule has 2 aromatic heterocycles. The van der Waals surface area contributed by atoms with Crippen LogP contribution in [0.4, 0.5) is 16.2 Å². The molecule has 28 nitrogen and oxygen atoms in total. The quantitative estimate of drug-likeness (QED) is 0.00436. The number of carbonyl (C=O) groups is 10. The van der Waals surface area contributed by atoms with Crippen molar-refractivity contribution in [2.24, 2.45) is 0 Å². The van der Waals surface area contributed by atoms with Crippen LogP contribution in [-0.4, -0.2) is 219 Å². The third-order valence-electron chi connectivity index (χ3n) is 19.8. The Hall–Kier alpha value is -8.46. The number of amides is 11. The Labute approximate surface area is 658 Å². The van der Waals surface area contributed by atoms with E-state index in [0.717, 1.165) is 95.9 Å². The summed E-state index contributed by atoms with van der Waals surface area (Å²) in [6.45, 7) is 14.5. The van der Waals surface area contributed by atoms with E-state index in [4.69, 9.17) is 4.42 Å². The van der Waals surface area contributed by atoms with Gasteiger partial charge in [-0.1, -0.05) is 41.5 Å². The van der Waals surface area contributed by atoms with Gasteiger partial charge in [0.1, 0.15) is 22.9 Å². The average molecular weight is 1600 g/mol. The van der Waals surface area contributed by atoms with Crippen LogP contribution < -0.4 is 57.7 Å². The van der Waals surface area contributed by atoms with Crippen molar-refractivity contribution in [3.63, 3.8) is 0 Å². The maximum Gasteiger partial charge on any atom is 0.363 e. The number of unbranched alkanes of at least 4 members (excludes halogenated alkanes) is 6. The Morgan fingerprint density at radius 3 is 1.74 bits per heavy atom. The summed E-state index contributed by atoms with van der Waals surface area (Å²) < 4.78 is 40.6. The van der Waals surface area contributed by atoms with E-state index in [-0.39, 0.29) is 124 Å². The Kier molecular flexibility index (Phi) is 36.2. The molecule has 3 aliphatic rings. The third-order valence-corrected chi connectivity index (χ3v) is 24.3. The molecule has 3 saturated heterocycles. The number of anilines is 2. The molecular weight excluding hydrogens is 1490 g/mol. The summed E-state index contributed by atoms with van der Waals surface area (Å²) in [6, 6.07) is 23.4. The summed E-state index contributed by atoms with van der Waals surface area (Å²) in [5.41, 5.74) is 5.68. The van der Waals surface area contributed by atoms with E-state index in [1.165, 1.54) is 10.8 Å². The molecule has 11 amide bonds. The van der Waals surface area contributed by atoms with Gasteiger partial charge >= 0.3 is 17.2 Å². The van der Waals surface area contributed by atoms with Crippen LogP contribution in [0.5, 0.6) is 0 Å². The standard InChI is InChI=1S/C78H110N14O14S4/c1-5-89(6-2)54-33-35-58-63(50-54)106-64-51-55(90(7-3)8-4)34-36-59(64)73(58)56-24-10-11-25-57(56)77(101)92-47-45-91(46-48-92)72(98)32-15-14-29-70(97)86-62(53-110(103,104)105)76(100)84-43-22-17-30-69(96)85-60(26-16-21-40-80-67(94)37-38-68(95)81-44-49-108-109-71-31-18-23-41-82-71)75(99)83-42-20-9-19-39-79-66(93)28-13-12-27-65-74-61(52-107-65)87-78(102)88-74/h10-11,18,23-25,31,33-36,41,50-51,60-62,65,74H,5-9,12-17,19-22,26-30,32,37-40,42-49,52-53H2,1-4H3,(H9-,79,80,81,83,84,85,86,87,88,93,94,95,96,97,99,100,102,103,104,105)/p+1/t60-,61-,62-,65-,74-/m0/s1. The fourth-order valence-corrected chi connectivity index (χ4v) is 17.8. The van der Waals surface area contributed by atoms with Crippen molar-refractivity contribution in [1.82, 2.24) is 62.6 Å². The zero-order valence-electron chi connectivity index (χ0n) is 63.8. The molecule has 5 atom stereocenters. The number of nitrogens with zero attached hydrogens (tertiary/aromatic N) is 5. The fourth-order valence-electron chi connectivity index (χ4n) is 13.8. The van der Waals surface area contributed by atoms with Crippen molar-refractivity contribution in [3.05, 3.63) is 90.6 Å². The predicted octanol–water partition coefficient (Wildman–Crippen LogP) is 8.36. The molecule has 0 radical (unpaired) electrons. The number of thioether (sulfide) groups is 1. The number of urea groups is 1. The van der Waals surface area contributed by atoms with Gasteiger partial charge in [0.05, 0.1) is 35.0 Å². The Bertz CT molecular complexity index is 3950. The molecule has 10 N–H and O–H groups in total. The van der Waals surface area contributed by atoms with Crippen LogP contribution in [0.25, 0.3) is 33.1 Å². The normalized spacial score (nSPS) is 15.9. The van der Waals surface area contributed by atoms with Crippen molar-refractivity contribution < 1.29 is 65.3 Å². The van der Waals surface area contributed by atoms with Crippen molar-refractivity contribution in [2.45, 2.75) is 184 Å². The Morgan fingerprint density at radius 1 is 0.591 bits per heavy atom. The number of nitrogens with one attached hydrogen (secondary N) is 9. The first kappa shape index (κ1) is 87.1. The lowest BCUT2D eigenvalue weighted by Crippen LogP contribution is -2.50. The largest absolute Gasteiger partial charge is 0.372 e. The third kappa shape index (κ3) is 28.1. The predicted molar refractivity (Wildman–Crippen MR) is 434 cm³/mol. The molecule has 32 heteroatoms. The number of piperazine rings is 1. The molecule has 0 saturated carbocycles. The van der Waals surface area contributed by atoms with Gasteiger partial charge < -0.3 is 67.5 Å². The van der Waals surface area contributed by atoms with Crippen LogP contribution >= 0.6 is 33.3 Å². The van der Waals surface area contributed by atoms with Gasteiger partial charge in [-0.15, -0.1) is 0 Å². The molecular formula is C78H111N14O14S4+. The van der Waals surface area contributed by atoms with Crippen LogP contribution in [0, 0.1) is 0 Å². The summed E-state index contributed by atoms with van der Waals surface area (Å²) in [4.78, 5) is 143. The number of fused-ring (bicyclic) bond motifs is 3. The summed E-state index contributed by atoms with van der Waals surface area (Å²) >= 11 is 1.85. The zero-order chi connectivity index (χ0) is 78.8. The second kappa shape index (κ2) is 45.8. The molecule has 0 aliphatic carbocycles. The second-order valence-electron chi connectivity index (χ2n) is 27.7. The molecule has 5 heterocycles. The number of hydrogen-bond acceptors (Lipinski definition) is 18. The minimum absolute atomic E-state index is 0.00442. The maximum atomic E-state index is 14.6. The highest BCUT2D eigenvalue weighted by Crippen LogP contribution is 2.41. The monoisotopic (exact) mass is 1600 g/mol. The first-order valence-corrected chi connectivity index (χ1v) is 43.9. The van der Waals surface area contributed by atoms with Crippen LogP contribution in [0.15, 0.2) is 94.5 Å². The first-order valence-electron chi connectivity index (χ1n) is 38.9. The second-order valence-corrected chi connectivity index (χ2v) is 32.9. The smallest absolute Gasteiger partial charge is 0.363 e. The number of aromatic nitrogens is 1. The number of carbonyl (C=O) groups excluding carboxylic acids is 10. The minimum atomic E-state index is -4.75. The summed E-state index contributed by atoms with van der Waals surface area (Å²) in [6.07, 6.45) is 8.94. The molecule has 8 rings (SSSR count). The molecule has 0 bridgehead atoms. The minimum Gasteiger partial charge on any atom is -0.372 e. The number of benzene rings is 3. The van der Waals surface area contributed by atoms with Gasteiger partial charge in [0, 0.05) is 169 Å². The maximum absolute atomic E-state index is 14.6. The van der Waals surface area contributed by atoms with Crippen molar-refractivity contribution in [2.75, 3.05) is 112 Å². The van der Waals surface area contributed by atoms with Crippen LogP contribution in [-0.2, 0) is 48.5 Å². The molecule has 3 fully saturated rings. The number of rotatable bonds is 48. The van der Waals surface area contributed by atoms with Crippen molar-refractivity contribution >= 4 is 136 Å². The van der Waals surface area contributed by atoms with Crippen molar-refractivity contribution in [1.29, 1.82) is 0 Å². The summed E-state index contributed by atoms with van der Waals surface area (Å²) in [7, 11) is -1.67. The van der Waals surface area contributed by atoms with E-state index in [1.807, 2.05) is 54.2 Å². The van der Waals surface area contributed by atoms with E-state index in [1.54, 1.807) is 26.8 Å². The first-order chi connectivity index (χ1) is 53.1. The van der Waals surface area contributed by atoms with Gasteiger partial charge in [0.2, 0.25) is 47.3 Å². The lowest BCUT2D eigenvalue weighted by Gasteiger charge is -2.35. The lowest BCUT2D eigenvalue weighted by molar-refractivity contribution is -0.133. The van der Waals surface area contributed by atoms with Crippen LogP contribution in [0.3, 0.4) is 0 Å². The molecule has 0 spiro atoms. The average Bonchev–Trinajstić information content (AvgIpc) is 0.993. The van der Waals surface area contributed by atoms with Crippen molar-refractivity contribution in [3.8, 4) is 11.1 Å². The van der Waals surface area contributed by atoms with Crippen LogP contribution in [0.2, 0.25) is 0 Å². The van der Waals surface area contributed by atoms with Gasteiger partial charge in [-0.2, -0.15) is 20.2 Å². The van der Waals surface area contributed by atoms with Gasteiger partial charge in [-0.25, -0.2) is 14.2 Å². The molecule has 3 aromatic carbocycles. The molecule has 3 aliphatic heterocycles. The molecule has 110 heavy (non-hydrogen) atoms. The highest BCUT2D eigenvalue weighted by molar-refractivity contribution is 8.76. The Balaban J connectivity index is 0.734.